The molecular weight excluding hydrogens is 332 g/mol. The van der Waals surface area contributed by atoms with Crippen molar-refractivity contribution < 1.29 is 9.53 Å². The third-order valence-electron chi connectivity index (χ3n) is 4.93. The number of carbonyl (C=O) groups excluding carboxylic acids is 1. The van der Waals surface area contributed by atoms with Crippen molar-refractivity contribution in [3.8, 4) is 0 Å². The Morgan fingerprint density at radius 3 is 2.96 bits per heavy atom. The number of hydrogen-bond acceptors (Lipinski definition) is 5. The van der Waals surface area contributed by atoms with Gasteiger partial charge in [-0.2, -0.15) is 5.10 Å². The van der Waals surface area contributed by atoms with E-state index in [1.165, 1.54) is 0 Å². The first-order valence-corrected chi connectivity index (χ1v) is 8.61. The molecule has 136 valence electrons. The lowest BCUT2D eigenvalue weighted by Gasteiger charge is -2.23. The lowest BCUT2D eigenvalue weighted by Crippen LogP contribution is -2.38. The van der Waals surface area contributed by atoms with Crippen LogP contribution in [-0.2, 0) is 11.3 Å². The summed E-state index contributed by atoms with van der Waals surface area (Å²) in [5.74, 6) is 0.391. The zero-order chi connectivity index (χ0) is 18.3. The van der Waals surface area contributed by atoms with Crippen molar-refractivity contribution in [1.29, 1.82) is 0 Å². The summed E-state index contributed by atoms with van der Waals surface area (Å²) in [5, 5.41) is 4.24. The summed E-state index contributed by atoms with van der Waals surface area (Å²) in [6.45, 7) is 3.12. The van der Waals surface area contributed by atoms with Gasteiger partial charge in [0.25, 0.3) is 5.91 Å². The third-order valence-corrected chi connectivity index (χ3v) is 4.93. The van der Waals surface area contributed by atoms with E-state index in [0.29, 0.717) is 24.6 Å². The average molecular weight is 354 g/mol. The van der Waals surface area contributed by atoms with Crippen LogP contribution in [0.1, 0.15) is 22.5 Å². The number of imidazole rings is 1. The molecule has 0 saturated carbocycles. The highest BCUT2D eigenvalue weighted by molar-refractivity contribution is 5.99. The molecule has 8 nitrogen and oxygen atoms in total. The van der Waals surface area contributed by atoms with Crippen LogP contribution in [0.5, 0.6) is 0 Å². The smallest absolute Gasteiger partial charge is 0.275 e. The normalized spacial score (nSPS) is 20.2. The van der Waals surface area contributed by atoms with Crippen LogP contribution in [0.3, 0.4) is 0 Å². The predicted molar refractivity (Wildman–Crippen MR) is 96.8 cm³/mol. The Morgan fingerprint density at radius 2 is 2.23 bits per heavy atom. The van der Waals surface area contributed by atoms with Gasteiger partial charge in [0.1, 0.15) is 12.1 Å². The molecule has 1 amide bonds. The van der Waals surface area contributed by atoms with Gasteiger partial charge < -0.3 is 19.8 Å². The van der Waals surface area contributed by atoms with Gasteiger partial charge in [0, 0.05) is 26.0 Å². The fraction of sp³-hybridized carbons (Fsp3) is 0.389. The summed E-state index contributed by atoms with van der Waals surface area (Å²) in [6.07, 6.45) is 6.18. The summed E-state index contributed by atoms with van der Waals surface area (Å²) >= 11 is 0. The third kappa shape index (κ3) is 2.92. The number of aromatic nitrogens is 4. The largest absolute Gasteiger partial charge is 0.382 e. The van der Waals surface area contributed by atoms with Gasteiger partial charge in [0.05, 0.1) is 24.2 Å². The molecule has 3 aromatic rings. The molecule has 0 aliphatic carbocycles. The van der Waals surface area contributed by atoms with Crippen molar-refractivity contribution in [3.05, 3.63) is 48.2 Å². The number of nitrogen functional groups attached to an aromatic ring is 1. The SMILES string of the molecule is CO[C@H]1C[C@@H](Cn2ccc(N)n2)N(C(=O)c2ncn3ccc(C)cc23)C1. The standard InChI is InChI=1S/C18H22N6O2/c1-12-3-5-22-11-20-17(15(22)7-12)18(25)24-10-14(26-2)8-13(24)9-23-6-4-16(19)21-23/h3-7,11,13-14H,8-10H2,1-2H3,(H2,19,21)/t13-,14-/m0/s1. The second-order valence-electron chi connectivity index (χ2n) is 6.76. The molecule has 8 heteroatoms. The van der Waals surface area contributed by atoms with Crippen LogP contribution >= 0.6 is 0 Å². The molecule has 3 aromatic heterocycles. The Hall–Kier alpha value is -2.87. The number of likely N-dealkylation sites (tertiary alicyclic amines) is 1. The molecule has 0 aromatic carbocycles. The predicted octanol–water partition coefficient (Wildman–Crippen LogP) is 1.35. The van der Waals surface area contributed by atoms with E-state index < -0.39 is 0 Å². The number of ether oxygens (including phenoxy) is 1. The van der Waals surface area contributed by atoms with E-state index in [0.717, 1.165) is 17.5 Å². The quantitative estimate of drug-likeness (QED) is 0.764. The Kier molecular flexibility index (Phi) is 4.12. The average Bonchev–Trinajstić information content (AvgIpc) is 3.33. The van der Waals surface area contributed by atoms with Gasteiger partial charge in [-0.05, 0) is 37.1 Å². The van der Waals surface area contributed by atoms with Gasteiger partial charge in [-0.3, -0.25) is 9.48 Å². The van der Waals surface area contributed by atoms with Gasteiger partial charge >= 0.3 is 0 Å². The Balaban J connectivity index is 1.64. The molecule has 1 saturated heterocycles. The van der Waals surface area contributed by atoms with Crippen molar-refractivity contribution in [2.75, 3.05) is 19.4 Å². The molecule has 1 aliphatic heterocycles. The number of methoxy groups -OCH3 is 1. The summed E-state index contributed by atoms with van der Waals surface area (Å²) in [4.78, 5) is 19.5. The number of amides is 1. The van der Waals surface area contributed by atoms with Crippen LogP contribution in [0.2, 0.25) is 0 Å². The zero-order valence-electron chi connectivity index (χ0n) is 14.9. The van der Waals surface area contributed by atoms with Crippen LogP contribution in [0.25, 0.3) is 5.52 Å². The second-order valence-corrected chi connectivity index (χ2v) is 6.76. The van der Waals surface area contributed by atoms with Gasteiger partial charge in [-0.15, -0.1) is 0 Å². The van der Waals surface area contributed by atoms with Crippen molar-refractivity contribution in [2.24, 2.45) is 0 Å². The van der Waals surface area contributed by atoms with Crippen molar-refractivity contribution in [3.63, 3.8) is 0 Å². The topological polar surface area (TPSA) is 90.7 Å². The molecule has 1 fully saturated rings. The molecule has 0 unspecified atom stereocenters. The highest BCUT2D eigenvalue weighted by atomic mass is 16.5. The number of anilines is 1. The monoisotopic (exact) mass is 354 g/mol. The van der Waals surface area contributed by atoms with E-state index in [1.807, 2.05) is 40.8 Å². The van der Waals surface area contributed by atoms with E-state index >= 15 is 0 Å². The minimum Gasteiger partial charge on any atom is -0.382 e. The summed E-state index contributed by atoms with van der Waals surface area (Å²) in [7, 11) is 1.68. The molecule has 0 bridgehead atoms. The highest BCUT2D eigenvalue weighted by Gasteiger charge is 2.37. The number of hydrogen-bond donors (Lipinski definition) is 1. The number of pyridine rings is 1. The summed E-state index contributed by atoms with van der Waals surface area (Å²) in [6, 6.07) is 5.70. The van der Waals surface area contributed by atoms with Crippen LogP contribution in [0.4, 0.5) is 5.82 Å². The van der Waals surface area contributed by atoms with Crippen LogP contribution in [0, 0.1) is 6.92 Å². The first-order valence-electron chi connectivity index (χ1n) is 8.61. The number of aryl methyl sites for hydroxylation is 1. The van der Waals surface area contributed by atoms with E-state index in [9.17, 15) is 4.79 Å². The van der Waals surface area contributed by atoms with E-state index in [1.54, 1.807) is 24.2 Å². The van der Waals surface area contributed by atoms with E-state index in [4.69, 9.17) is 10.5 Å². The molecule has 0 spiro atoms. The minimum absolute atomic E-state index is 0.00692. The lowest BCUT2D eigenvalue weighted by atomic mass is 10.2. The first-order chi connectivity index (χ1) is 12.5. The van der Waals surface area contributed by atoms with Gasteiger partial charge in [-0.1, -0.05) is 0 Å². The Morgan fingerprint density at radius 1 is 1.38 bits per heavy atom. The van der Waals surface area contributed by atoms with Gasteiger partial charge in [-0.25, -0.2) is 4.98 Å². The first kappa shape index (κ1) is 16.6. The maximum atomic E-state index is 13.2. The Bertz CT molecular complexity index is 946. The molecule has 26 heavy (non-hydrogen) atoms. The highest BCUT2D eigenvalue weighted by Crippen LogP contribution is 2.25. The Labute approximate surface area is 151 Å². The van der Waals surface area contributed by atoms with E-state index in [2.05, 4.69) is 10.1 Å². The second kappa shape index (κ2) is 6.45. The van der Waals surface area contributed by atoms with Gasteiger partial charge in [0.15, 0.2) is 5.69 Å². The molecule has 2 N–H and O–H groups in total. The van der Waals surface area contributed by atoms with Crippen LogP contribution in [-0.4, -0.2) is 55.8 Å². The van der Waals surface area contributed by atoms with Crippen molar-refractivity contribution in [2.45, 2.75) is 32.0 Å². The van der Waals surface area contributed by atoms with Crippen molar-refractivity contribution >= 4 is 17.2 Å². The molecule has 2 atom stereocenters. The fourth-order valence-electron chi connectivity index (χ4n) is 3.56. The maximum Gasteiger partial charge on any atom is 0.275 e. The number of nitrogens with zero attached hydrogens (tertiary/aromatic N) is 5. The minimum atomic E-state index is -0.0808. The fourth-order valence-corrected chi connectivity index (χ4v) is 3.56. The lowest BCUT2D eigenvalue weighted by molar-refractivity contribution is 0.0675. The van der Waals surface area contributed by atoms with Crippen LogP contribution < -0.4 is 5.73 Å². The molecule has 1 aliphatic rings. The molecular formula is C18H22N6O2. The zero-order valence-corrected chi connectivity index (χ0v) is 14.9. The van der Waals surface area contributed by atoms with Crippen LogP contribution in [0.15, 0.2) is 36.9 Å². The number of rotatable bonds is 4. The van der Waals surface area contributed by atoms with Gasteiger partial charge in [0.2, 0.25) is 0 Å². The maximum absolute atomic E-state index is 13.2. The van der Waals surface area contributed by atoms with Crippen molar-refractivity contribution in [1.82, 2.24) is 24.1 Å². The molecule has 4 rings (SSSR count). The summed E-state index contributed by atoms with van der Waals surface area (Å²) < 4.78 is 9.15. The summed E-state index contributed by atoms with van der Waals surface area (Å²) in [5.41, 5.74) is 8.08. The number of fused-ring (bicyclic) bond motifs is 1. The molecule has 4 heterocycles. The number of carbonyl (C=O) groups is 1. The molecule has 0 radical (unpaired) electrons. The number of nitrogens with two attached hydrogens (primary N) is 1. The van der Waals surface area contributed by atoms with E-state index in [-0.39, 0.29) is 18.1 Å².